The fraction of sp³-hybridized carbons (Fsp3) is 0.886. The van der Waals surface area contributed by atoms with Crippen LogP contribution in [0.3, 0.4) is 0 Å². The Bertz CT molecular complexity index is 703. The first kappa shape index (κ1) is 29.1. The van der Waals surface area contributed by atoms with Gasteiger partial charge in [0.2, 0.25) is 0 Å². The van der Waals surface area contributed by atoms with Gasteiger partial charge >= 0.3 is 0 Å². The van der Waals surface area contributed by atoms with Gasteiger partial charge in [0.1, 0.15) is 5.82 Å². The normalized spacial score (nSPS) is 30.9. The molecule has 0 N–H and O–H groups in total. The first-order chi connectivity index (χ1) is 18.3. The minimum atomic E-state index is 0.614. The second-order valence-corrected chi connectivity index (χ2v) is 13.5. The van der Waals surface area contributed by atoms with Crippen molar-refractivity contribution < 1.29 is 0 Å². The maximum absolute atomic E-state index is 4.84. The topological polar surface area (TPSA) is 25.8 Å². The Labute approximate surface area is 230 Å². The van der Waals surface area contributed by atoms with Gasteiger partial charge in [-0.3, -0.25) is 0 Å². The molecule has 0 unspecified atom stereocenters. The van der Waals surface area contributed by atoms with Crippen molar-refractivity contribution in [1.82, 2.24) is 9.97 Å². The number of nitrogens with zero attached hydrogens (tertiary/aromatic N) is 2. The van der Waals surface area contributed by atoms with Gasteiger partial charge in [-0.1, -0.05) is 84.5 Å². The van der Waals surface area contributed by atoms with Crippen LogP contribution < -0.4 is 0 Å². The Morgan fingerprint density at radius 1 is 0.541 bits per heavy atom. The van der Waals surface area contributed by atoms with Crippen molar-refractivity contribution in [3.63, 3.8) is 0 Å². The lowest BCUT2D eigenvalue weighted by molar-refractivity contribution is 0.108. The van der Waals surface area contributed by atoms with Gasteiger partial charge in [0, 0.05) is 18.3 Å². The molecule has 37 heavy (non-hydrogen) atoms. The van der Waals surface area contributed by atoms with Gasteiger partial charge in [-0.2, -0.15) is 0 Å². The molecule has 0 saturated heterocycles. The largest absolute Gasteiger partial charge is 0.241 e. The van der Waals surface area contributed by atoms with Gasteiger partial charge in [-0.25, -0.2) is 9.97 Å². The molecule has 0 aliphatic heterocycles. The number of rotatable bonds is 14. The van der Waals surface area contributed by atoms with E-state index in [0.29, 0.717) is 5.92 Å². The fourth-order valence-corrected chi connectivity index (χ4v) is 8.38. The van der Waals surface area contributed by atoms with Crippen LogP contribution in [0.25, 0.3) is 0 Å². The molecule has 1 aromatic rings. The number of hydrogen-bond acceptors (Lipinski definition) is 2. The molecule has 2 nitrogen and oxygen atoms in total. The van der Waals surface area contributed by atoms with E-state index in [1.54, 1.807) is 38.5 Å². The van der Waals surface area contributed by atoms with Crippen LogP contribution in [0.15, 0.2) is 12.4 Å². The highest BCUT2D eigenvalue weighted by atomic mass is 14.9. The summed E-state index contributed by atoms with van der Waals surface area (Å²) in [5.41, 5.74) is 1.34. The summed E-state index contributed by atoms with van der Waals surface area (Å²) in [6.07, 6.45) is 37.2. The van der Waals surface area contributed by atoms with E-state index in [0.717, 1.165) is 41.8 Å². The molecule has 0 spiro atoms. The summed E-state index contributed by atoms with van der Waals surface area (Å²) in [6, 6.07) is 0. The maximum atomic E-state index is 4.84. The minimum Gasteiger partial charge on any atom is -0.241 e. The third-order valence-electron chi connectivity index (χ3n) is 10.9. The zero-order chi connectivity index (χ0) is 25.7. The Morgan fingerprint density at radius 3 is 1.57 bits per heavy atom. The second kappa shape index (κ2) is 16.2. The summed E-state index contributed by atoms with van der Waals surface area (Å²) in [4.78, 5) is 9.69. The summed E-state index contributed by atoms with van der Waals surface area (Å²) >= 11 is 0. The van der Waals surface area contributed by atoms with E-state index in [1.165, 1.54) is 108 Å². The molecule has 3 aliphatic rings. The van der Waals surface area contributed by atoms with Gasteiger partial charge in [0.15, 0.2) is 0 Å². The van der Waals surface area contributed by atoms with E-state index in [-0.39, 0.29) is 0 Å². The van der Waals surface area contributed by atoms with Crippen LogP contribution in [-0.4, -0.2) is 9.97 Å². The number of aryl methyl sites for hydroxylation is 1. The summed E-state index contributed by atoms with van der Waals surface area (Å²) in [5.74, 6) is 6.95. The second-order valence-electron chi connectivity index (χ2n) is 13.5. The van der Waals surface area contributed by atoms with Crippen molar-refractivity contribution in [3.8, 4) is 0 Å². The van der Waals surface area contributed by atoms with Crippen molar-refractivity contribution in [2.24, 2.45) is 29.6 Å². The zero-order valence-corrected chi connectivity index (χ0v) is 24.8. The Kier molecular flexibility index (Phi) is 12.8. The minimum absolute atomic E-state index is 0.614. The van der Waals surface area contributed by atoms with Crippen LogP contribution in [0.2, 0.25) is 0 Å². The van der Waals surface area contributed by atoms with Crippen LogP contribution >= 0.6 is 0 Å². The van der Waals surface area contributed by atoms with Crippen LogP contribution in [0, 0.1) is 29.6 Å². The summed E-state index contributed by atoms with van der Waals surface area (Å²) in [6.45, 7) is 4.63. The smallest absolute Gasteiger partial charge is 0.131 e. The molecule has 1 aromatic heterocycles. The van der Waals surface area contributed by atoms with E-state index in [4.69, 9.17) is 9.97 Å². The molecule has 3 fully saturated rings. The SMILES string of the molecule is CCCCCCCCc1cnc([C@H]2CC[C@H]([C@H]3CC[C@H]([C@H]4CC[C@H](CCCCC)CC4)CC3)CC2)nc1. The van der Waals surface area contributed by atoms with Crippen LogP contribution in [-0.2, 0) is 6.42 Å². The third-order valence-corrected chi connectivity index (χ3v) is 10.9. The van der Waals surface area contributed by atoms with E-state index in [2.05, 4.69) is 26.2 Å². The van der Waals surface area contributed by atoms with Crippen molar-refractivity contribution in [1.29, 1.82) is 0 Å². The first-order valence-electron chi connectivity index (χ1n) is 17.1. The van der Waals surface area contributed by atoms with Gasteiger partial charge in [-0.05, 0) is 112 Å². The Hall–Kier alpha value is -0.920. The highest BCUT2D eigenvalue weighted by molar-refractivity contribution is 5.08. The van der Waals surface area contributed by atoms with Gasteiger partial charge < -0.3 is 0 Å². The molecule has 0 bridgehead atoms. The van der Waals surface area contributed by atoms with Crippen LogP contribution in [0.5, 0.6) is 0 Å². The van der Waals surface area contributed by atoms with Crippen LogP contribution in [0.4, 0.5) is 0 Å². The number of hydrogen-bond donors (Lipinski definition) is 0. The zero-order valence-electron chi connectivity index (χ0n) is 24.8. The molecule has 0 atom stereocenters. The van der Waals surface area contributed by atoms with Crippen LogP contribution in [0.1, 0.15) is 172 Å². The summed E-state index contributed by atoms with van der Waals surface area (Å²) < 4.78 is 0. The first-order valence-corrected chi connectivity index (χ1v) is 17.1. The molecule has 3 saturated carbocycles. The van der Waals surface area contributed by atoms with Crippen molar-refractivity contribution >= 4 is 0 Å². The average Bonchev–Trinajstić information content (AvgIpc) is 2.96. The van der Waals surface area contributed by atoms with Crippen molar-refractivity contribution in [2.75, 3.05) is 0 Å². The average molecular weight is 509 g/mol. The predicted molar refractivity (Wildman–Crippen MR) is 159 cm³/mol. The predicted octanol–water partition coefficient (Wildman–Crippen LogP) is 10.8. The molecule has 1 heterocycles. The lowest BCUT2D eigenvalue weighted by Crippen LogP contribution is -2.29. The van der Waals surface area contributed by atoms with Gasteiger partial charge in [0.25, 0.3) is 0 Å². The highest BCUT2D eigenvalue weighted by Gasteiger charge is 2.35. The molecule has 0 amide bonds. The molecular formula is C35H60N2. The summed E-state index contributed by atoms with van der Waals surface area (Å²) in [7, 11) is 0. The Morgan fingerprint density at radius 2 is 1.00 bits per heavy atom. The Balaban J connectivity index is 1.10. The third kappa shape index (κ3) is 9.35. The van der Waals surface area contributed by atoms with Gasteiger partial charge in [0.05, 0.1) is 0 Å². The molecule has 3 aliphatic carbocycles. The molecule has 0 radical (unpaired) electrons. The standard InChI is InChI=1S/C35H60N2/c1-3-5-7-8-9-11-13-29-26-36-35(37-27-29)34-24-22-33(23-25-34)32-20-18-31(19-21-32)30-16-14-28(15-17-30)12-10-6-4-2/h26-28,30-34H,3-25H2,1-2H3/t28-,30-,31-,32-,33-,34-. The van der Waals surface area contributed by atoms with Crippen molar-refractivity contribution in [3.05, 3.63) is 23.8 Å². The lowest BCUT2D eigenvalue weighted by atomic mass is 9.65. The van der Waals surface area contributed by atoms with E-state index in [9.17, 15) is 0 Å². The highest BCUT2D eigenvalue weighted by Crippen LogP contribution is 2.47. The quantitative estimate of drug-likeness (QED) is 0.233. The maximum Gasteiger partial charge on any atom is 0.131 e. The fourth-order valence-electron chi connectivity index (χ4n) is 8.38. The monoisotopic (exact) mass is 508 g/mol. The molecule has 2 heteroatoms. The molecule has 0 aromatic carbocycles. The lowest BCUT2D eigenvalue weighted by Gasteiger charge is -2.41. The number of unbranched alkanes of at least 4 members (excludes halogenated alkanes) is 7. The van der Waals surface area contributed by atoms with Crippen molar-refractivity contribution in [2.45, 2.75) is 167 Å². The van der Waals surface area contributed by atoms with E-state index >= 15 is 0 Å². The molecule has 4 rings (SSSR count). The summed E-state index contributed by atoms with van der Waals surface area (Å²) in [5, 5.41) is 0. The molecule has 210 valence electrons. The van der Waals surface area contributed by atoms with E-state index in [1.807, 2.05) is 0 Å². The molecular weight excluding hydrogens is 448 g/mol. The van der Waals surface area contributed by atoms with Gasteiger partial charge in [-0.15, -0.1) is 0 Å². The number of aromatic nitrogens is 2. The van der Waals surface area contributed by atoms with E-state index < -0.39 is 0 Å².